The highest BCUT2D eigenvalue weighted by molar-refractivity contribution is 6.28. The van der Waals surface area contributed by atoms with E-state index in [9.17, 15) is 0 Å². The Bertz CT molecular complexity index is 994. The number of ether oxygens (including phenoxy) is 2. The summed E-state index contributed by atoms with van der Waals surface area (Å²) in [7, 11) is 0. The van der Waals surface area contributed by atoms with Gasteiger partial charge >= 0.3 is 0 Å². The van der Waals surface area contributed by atoms with Gasteiger partial charge in [0.05, 0.1) is 12.1 Å². The van der Waals surface area contributed by atoms with E-state index in [2.05, 4.69) is 76.2 Å². The number of nitrogens with zero attached hydrogens (tertiary/aromatic N) is 2. The predicted molar refractivity (Wildman–Crippen MR) is 122 cm³/mol. The molecular weight excluding hydrogens is 372 g/mol. The van der Waals surface area contributed by atoms with Crippen molar-refractivity contribution in [2.45, 2.75) is 39.8 Å². The Kier molecular flexibility index (Phi) is 4.73. The highest BCUT2D eigenvalue weighted by atomic mass is 16.5. The third kappa shape index (κ3) is 3.06. The van der Waals surface area contributed by atoms with Crippen LogP contribution >= 0.6 is 0 Å². The second kappa shape index (κ2) is 7.42. The first kappa shape index (κ1) is 19.1. The molecular formula is C26H28N2O2. The minimum atomic E-state index is 0.158. The number of hydrogen-bond donors (Lipinski definition) is 0. The summed E-state index contributed by atoms with van der Waals surface area (Å²) >= 11 is 0. The summed E-state index contributed by atoms with van der Waals surface area (Å²) in [6, 6.07) is 17.4. The number of rotatable bonds is 4. The number of aliphatic imine (C=N–C) groups is 2. The van der Waals surface area contributed by atoms with Crippen LogP contribution in [0.1, 0.15) is 38.8 Å². The van der Waals surface area contributed by atoms with Crippen LogP contribution in [0.15, 0.2) is 64.1 Å². The maximum absolute atomic E-state index is 6.17. The lowest BCUT2D eigenvalue weighted by Gasteiger charge is -2.13. The molecule has 2 aliphatic heterocycles. The summed E-state index contributed by atoms with van der Waals surface area (Å²) in [6.45, 7) is 9.96. The van der Waals surface area contributed by atoms with Gasteiger partial charge in [0, 0.05) is 5.57 Å². The molecule has 2 aromatic carbocycles. The minimum Gasteiger partial charge on any atom is -0.475 e. The molecule has 0 amide bonds. The first-order valence-corrected chi connectivity index (χ1v) is 10.9. The highest BCUT2D eigenvalue weighted by Crippen LogP contribution is 2.46. The van der Waals surface area contributed by atoms with Crippen molar-refractivity contribution in [2.75, 3.05) is 13.2 Å². The van der Waals surface area contributed by atoms with E-state index in [0.29, 0.717) is 36.8 Å². The average molecular weight is 401 g/mol. The number of benzene rings is 2. The minimum absolute atomic E-state index is 0.158. The van der Waals surface area contributed by atoms with Gasteiger partial charge in [-0.1, -0.05) is 76.2 Å². The van der Waals surface area contributed by atoms with Crippen LogP contribution in [0.5, 0.6) is 0 Å². The Morgan fingerprint density at radius 3 is 1.47 bits per heavy atom. The SMILES string of the molecule is CC(C)[C@H]1COC(C(C2=N[C@@H](C(C)C)CO2)=C2c3ccccc3-c3ccccc32)=N1. The molecule has 0 aromatic heterocycles. The van der Waals surface area contributed by atoms with Gasteiger partial charge in [-0.2, -0.15) is 0 Å². The summed E-state index contributed by atoms with van der Waals surface area (Å²) in [5, 5.41) is 0. The molecule has 0 fully saturated rings. The van der Waals surface area contributed by atoms with Crippen LogP contribution in [-0.4, -0.2) is 37.1 Å². The van der Waals surface area contributed by atoms with Crippen molar-refractivity contribution < 1.29 is 9.47 Å². The fraction of sp³-hybridized carbons (Fsp3) is 0.385. The molecule has 0 spiro atoms. The average Bonchev–Trinajstić information content (AvgIpc) is 3.48. The Hall–Kier alpha value is -2.88. The fourth-order valence-electron chi connectivity index (χ4n) is 4.33. The van der Waals surface area contributed by atoms with Gasteiger partial charge in [0.2, 0.25) is 11.8 Å². The summed E-state index contributed by atoms with van der Waals surface area (Å²) in [5.41, 5.74) is 6.86. The van der Waals surface area contributed by atoms with E-state index in [-0.39, 0.29) is 12.1 Å². The maximum Gasteiger partial charge on any atom is 0.222 e. The van der Waals surface area contributed by atoms with Gasteiger partial charge < -0.3 is 9.47 Å². The zero-order valence-electron chi connectivity index (χ0n) is 18.1. The molecule has 4 heteroatoms. The van der Waals surface area contributed by atoms with E-state index in [1.165, 1.54) is 22.3 Å². The number of hydrogen-bond acceptors (Lipinski definition) is 4. The van der Waals surface area contributed by atoms with Crippen LogP contribution in [0.3, 0.4) is 0 Å². The molecule has 0 saturated carbocycles. The molecule has 2 aromatic rings. The lowest BCUT2D eigenvalue weighted by molar-refractivity contribution is 0.284. The molecule has 1 aliphatic carbocycles. The lowest BCUT2D eigenvalue weighted by atomic mass is 9.97. The van der Waals surface area contributed by atoms with E-state index < -0.39 is 0 Å². The molecule has 2 atom stereocenters. The molecule has 3 aliphatic rings. The van der Waals surface area contributed by atoms with Crippen molar-refractivity contribution in [3.05, 3.63) is 65.2 Å². The Morgan fingerprint density at radius 2 is 1.10 bits per heavy atom. The predicted octanol–water partition coefficient (Wildman–Crippen LogP) is 5.38. The zero-order valence-corrected chi connectivity index (χ0v) is 18.1. The molecule has 4 nitrogen and oxygen atoms in total. The van der Waals surface area contributed by atoms with Gasteiger partial charge in [0.1, 0.15) is 18.8 Å². The van der Waals surface area contributed by atoms with Gasteiger partial charge in [-0.15, -0.1) is 0 Å². The maximum atomic E-state index is 6.17. The molecule has 0 N–H and O–H groups in total. The van der Waals surface area contributed by atoms with E-state index in [0.717, 1.165) is 11.1 Å². The fourth-order valence-corrected chi connectivity index (χ4v) is 4.33. The number of fused-ring (bicyclic) bond motifs is 3. The standard InChI is InChI=1S/C26H28N2O2/c1-15(2)21-13-29-25(27-21)24(26-28-22(14-30-26)16(3)4)23-19-11-7-5-9-17(19)18-10-6-8-12-20(18)23/h5-12,15-16,21-22H,13-14H2,1-4H3/t21-,22-/m1/s1. The third-order valence-corrected chi connectivity index (χ3v) is 6.25. The van der Waals surface area contributed by atoms with Crippen LogP contribution in [0.4, 0.5) is 0 Å². The van der Waals surface area contributed by atoms with Crippen molar-refractivity contribution >= 4 is 17.4 Å². The van der Waals surface area contributed by atoms with Gasteiger partial charge in [-0.05, 0) is 34.1 Å². The Morgan fingerprint density at radius 1 is 0.700 bits per heavy atom. The molecule has 0 bridgehead atoms. The highest BCUT2D eigenvalue weighted by Gasteiger charge is 2.37. The lowest BCUT2D eigenvalue weighted by Crippen LogP contribution is -2.16. The Balaban J connectivity index is 1.76. The van der Waals surface area contributed by atoms with Crippen molar-refractivity contribution in [2.24, 2.45) is 21.8 Å². The second-order valence-corrected chi connectivity index (χ2v) is 8.95. The summed E-state index contributed by atoms with van der Waals surface area (Å²) in [4.78, 5) is 9.94. The van der Waals surface area contributed by atoms with Gasteiger partial charge in [0.15, 0.2) is 0 Å². The van der Waals surface area contributed by atoms with E-state index in [1.807, 2.05) is 0 Å². The smallest absolute Gasteiger partial charge is 0.222 e. The van der Waals surface area contributed by atoms with E-state index >= 15 is 0 Å². The molecule has 2 heterocycles. The first-order chi connectivity index (χ1) is 14.5. The van der Waals surface area contributed by atoms with Crippen LogP contribution in [-0.2, 0) is 9.47 Å². The van der Waals surface area contributed by atoms with Crippen molar-refractivity contribution in [3.63, 3.8) is 0 Å². The van der Waals surface area contributed by atoms with Gasteiger partial charge in [-0.3, -0.25) is 0 Å². The van der Waals surface area contributed by atoms with Crippen LogP contribution < -0.4 is 0 Å². The summed E-state index contributed by atoms with van der Waals surface area (Å²) < 4.78 is 12.3. The quantitative estimate of drug-likeness (QED) is 0.590. The van der Waals surface area contributed by atoms with Crippen LogP contribution in [0, 0.1) is 11.8 Å². The summed E-state index contributed by atoms with van der Waals surface area (Å²) in [6.07, 6.45) is 0. The Labute approximate surface area is 178 Å². The van der Waals surface area contributed by atoms with Gasteiger partial charge in [-0.25, -0.2) is 9.98 Å². The van der Waals surface area contributed by atoms with Crippen molar-refractivity contribution in [3.8, 4) is 11.1 Å². The molecule has 0 saturated heterocycles. The van der Waals surface area contributed by atoms with Crippen LogP contribution in [0.2, 0.25) is 0 Å². The first-order valence-electron chi connectivity index (χ1n) is 10.9. The molecule has 154 valence electrons. The largest absolute Gasteiger partial charge is 0.475 e. The summed E-state index contributed by atoms with van der Waals surface area (Å²) in [5.74, 6) is 2.18. The van der Waals surface area contributed by atoms with E-state index in [4.69, 9.17) is 19.5 Å². The third-order valence-electron chi connectivity index (χ3n) is 6.25. The second-order valence-electron chi connectivity index (χ2n) is 8.95. The monoisotopic (exact) mass is 400 g/mol. The van der Waals surface area contributed by atoms with E-state index in [1.54, 1.807) is 0 Å². The molecule has 0 unspecified atom stereocenters. The zero-order chi connectivity index (χ0) is 20.8. The molecule has 5 rings (SSSR count). The van der Waals surface area contributed by atoms with Crippen molar-refractivity contribution in [1.82, 2.24) is 0 Å². The van der Waals surface area contributed by atoms with Crippen LogP contribution in [0.25, 0.3) is 16.7 Å². The normalized spacial score (nSPS) is 21.9. The topological polar surface area (TPSA) is 43.2 Å². The molecule has 0 radical (unpaired) electrons. The molecule has 30 heavy (non-hydrogen) atoms. The van der Waals surface area contributed by atoms with Crippen molar-refractivity contribution in [1.29, 1.82) is 0 Å². The van der Waals surface area contributed by atoms with Gasteiger partial charge in [0.25, 0.3) is 0 Å².